The first kappa shape index (κ1) is 22.7. The van der Waals surface area contributed by atoms with Crippen LogP contribution in [0.2, 0.25) is 0 Å². The van der Waals surface area contributed by atoms with E-state index in [2.05, 4.69) is 6.07 Å². The molecule has 0 unspecified atom stereocenters. The largest absolute Gasteiger partial charge is 0.497 e. The Morgan fingerprint density at radius 1 is 1.32 bits per heavy atom. The van der Waals surface area contributed by atoms with Crippen molar-refractivity contribution < 1.29 is 18.8 Å². The van der Waals surface area contributed by atoms with E-state index in [-0.39, 0.29) is 17.4 Å². The summed E-state index contributed by atoms with van der Waals surface area (Å²) in [6.45, 7) is 2.08. The van der Waals surface area contributed by atoms with E-state index in [9.17, 15) is 19.8 Å². The minimum Gasteiger partial charge on any atom is -0.497 e. The van der Waals surface area contributed by atoms with Crippen LogP contribution in [0.25, 0.3) is 0 Å². The summed E-state index contributed by atoms with van der Waals surface area (Å²) < 4.78 is 25.4. The summed E-state index contributed by atoms with van der Waals surface area (Å²) in [5.74, 6) is 0.192. The number of benzene rings is 2. The summed E-state index contributed by atoms with van der Waals surface area (Å²) in [6, 6.07) is 13.3. The number of nitrogens with two attached hydrogens (primary N) is 1. The van der Waals surface area contributed by atoms with Gasteiger partial charge in [-0.3, -0.25) is 10.1 Å². The molecular weight excluding hydrogens is 401 g/mol. The maximum atomic E-state index is 14.3. The summed E-state index contributed by atoms with van der Waals surface area (Å²) in [4.78, 5) is 10.4. The molecule has 1 fully saturated rings. The smallest absolute Gasteiger partial charge is 0.269 e. The molecule has 0 bridgehead atoms. The molecule has 7 nitrogen and oxygen atoms in total. The first-order chi connectivity index (χ1) is 14.7. The van der Waals surface area contributed by atoms with Gasteiger partial charge in [0.05, 0.1) is 36.2 Å². The Bertz CT molecular complexity index is 979. The van der Waals surface area contributed by atoms with Crippen LogP contribution >= 0.6 is 0 Å². The molecule has 3 rings (SSSR count). The summed E-state index contributed by atoms with van der Waals surface area (Å²) >= 11 is 0. The third-order valence-electron chi connectivity index (χ3n) is 6.02. The van der Waals surface area contributed by atoms with E-state index in [1.807, 2.05) is 24.3 Å². The van der Waals surface area contributed by atoms with Crippen LogP contribution < -0.4 is 10.5 Å². The van der Waals surface area contributed by atoms with Gasteiger partial charge >= 0.3 is 0 Å². The second-order valence-corrected chi connectivity index (χ2v) is 8.42. The third-order valence-corrected chi connectivity index (χ3v) is 6.02. The lowest BCUT2D eigenvalue weighted by Crippen LogP contribution is -2.44. The highest BCUT2D eigenvalue weighted by molar-refractivity contribution is 5.38. The van der Waals surface area contributed by atoms with Crippen molar-refractivity contribution in [1.82, 2.24) is 0 Å². The molecule has 8 heteroatoms. The van der Waals surface area contributed by atoms with E-state index in [1.165, 1.54) is 6.07 Å². The molecule has 164 valence electrons. The van der Waals surface area contributed by atoms with Crippen LogP contribution in [0.4, 0.5) is 10.1 Å². The van der Waals surface area contributed by atoms with Crippen molar-refractivity contribution in [1.29, 1.82) is 5.26 Å². The molecule has 1 atom stereocenters. The van der Waals surface area contributed by atoms with Crippen molar-refractivity contribution in [2.75, 3.05) is 7.11 Å². The fourth-order valence-electron chi connectivity index (χ4n) is 3.91. The van der Waals surface area contributed by atoms with E-state index in [1.54, 1.807) is 14.0 Å². The predicted octanol–water partition coefficient (Wildman–Crippen LogP) is 4.59. The van der Waals surface area contributed by atoms with Gasteiger partial charge in [0.2, 0.25) is 0 Å². The average molecular weight is 427 g/mol. The topological polar surface area (TPSA) is 111 Å². The Balaban J connectivity index is 1.56. The van der Waals surface area contributed by atoms with Gasteiger partial charge in [-0.25, -0.2) is 4.39 Å². The monoisotopic (exact) mass is 427 g/mol. The molecule has 2 aromatic carbocycles. The third kappa shape index (κ3) is 5.19. The van der Waals surface area contributed by atoms with Gasteiger partial charge in [-0.2, -0.15) is 5.26 Å². The predicted molar refractivity (Wildman–Crippen MR) is 113 cm³/mol. The first-order valence-electron chi connectivity index (χ1n) is 10.1. The van der Waals surface area contributed by atoms with Gasteiger partial charge in [-0.05, 0) is 56.4 Å². The standard InChI is InChI=1S/C23H26FN3O4/c1-22(26,20-11-17(27(28)29)5-8-21(20)24)9-10-23(15-25)12-19(13-23)31-14-16-3-6-18(30-2)7-4-16/h3-8,11,19H,9-10,12-14,26H2,1-2H3/t19?,22-,23?/m0/s1. The number of nitriles is 1. The van der Waals surface area contributed by atoms with Crippen LogP contribution in [0, 0.1) is 32.7 Å². The minimum absolute atomic E-state index is 0.0275. The molecule has 31 heavy (non-hydrogen) atoms. The highest BCUT2D eigenvalue weighted by atomic mass is 19.1. The van der Waals surface area contributed by atoms with E-state index in [0.29, 0.717) is 32.3 Å². The van der Waals surface area contributed by atoms with Crippen LogP contribution in [-0.4, -0.2) is 18.1 Å². The summed E-state index contributed by atoms with van der Waals surface area (Å²) in [5, 5.41) is 20.7. The quantitative estimate of drug-likeness (QED) is 0.463. The lowest BCUT2D eigenvalue weighted by Gasteiger charge is -2.43. The van der Waals surface area contributed by atoms with Gasteiger partial charge in [0.25, 0.3) is 5.69 Å². The molecule has 1 aliphatic carbocycles. The van der Waals surface area contributed by atoms with E-state index >= 15 is 0 Å². The molecule has 0 amide bonds. The zero-order valence-electron chi connectivity index (χ0n) is 17.6. The lowest BCUT2D eigenvalue weighted by molar-refractivity contribution is -0.385. The summed E-state index contributed by atoms with van der Waals surface area (Å²) in [6.07, 6.45) is 1.91. The van der Waals surface area contributed by atoms with Crippen LogP contribution in [0.3, 0.4) is 0 Å². The van der Waals surface area contributed by atoms with Gasteiger partial charge in [0, 0.05) is 23.2 Å². The number of rotatable bonds is 9. The molecule has 0 spiro atoms. The number of methoxy groups -OCH3 is 1. The van der Waals surface area contributed by atoms with Gasteiger partial charge in [0.1, 0.15) is 11.6 Å². The van der Waals surface area contributed by atoms with Crippen LogP contribution in [0.1, 0.15) is 43.7 Å². The first-order valence-corrected chi connectivity index (χ1v) is 10.1. The Hall–Kier alpha value is -3.02. The van der Waals surface area contributed by atoms with Gasteiger partial charge < -0.3 is 15.2 Å². The van der Waals surface area contributed by atoms with Crippen molar-refractivity contribution in [2.45, 2.75) is 50.9 Å². The maximum absolute atomic E-state index is 14.3. The number of ether oxygens (including phenoxy) is 2. The molecule has 0 saturated heterocycles. The zero-order valence-corrected chi connectivity index (χ0v) is 17.6. The van der Waals surface area contributed by atoms with Crippen molar-refractivity contribution in [3.8, 4) is 11.8 Å². The molecular formula is C23H26FN3O4. The Kier molecular flexibility index (Phi) is 6.58. The lowest BCUT2D eigenvalue weighted by atomic mass is 9.63. The van der Waals surface area contributed by atoms with Crippen molar-refractivity contribution in [3.05, 3.63) is 69.5 Å². The second kappa shape index (κ2) is 9.00. The SMILES string of the molecule is COc1ccc(COC2CC(C#N)(CC[C@](C)(N)c3cc([N+](=O)[O-])ccc3F)C2)cc1. The van der Waals surface area contributed by atoms with Gasteiger partial charge in [0.15, 0.2) is 0 Å². The fourth-order valence-corrected chi connectivity index (χ4v) is 3.91. The molecule has 0 radical (unpaired) electrons. The summed E-state index contributed by atoms with van der Waals surface area (Å²) in [5.41, 5.74) is 5.51. The number of non-ortho nitro benzene ring substituents is 1. The normalized spacial score (nSPS) is 22.1. The average Bonchev–Trinajstić information content (AvgIpc) is 2.73. The summed E-state index contributed by atoms with van der Waals surface area (Å²) in [7, 11) is 1.61. The maximum Gasteiger partial charge on any atom is 0.269 e. The highest BCUT2D eigenvalue weighted by Gasteiger charge is 2.46. The van der Waals surface area contributed by atoms with E-state index in [0.717, 1.165) is 23.4 Å². The number of nitrogens with zero attached hydrogens (tertiary/aromatic N) is 2. The fraction of sp³-hybridized carbons (Fsp3) is 0.435. The number of nitro groups is 1. The van der Waals surface area contributed by atoms with Crippen molar-refractivity contribution in [3.63, 3.8) is 0 Å². The van der Waals surface area contributed by atoms with E-state index in [4.69, 9.17) is 15.2 Å². The van der Waals surface area contributed by atoms with Crippen LogP contribution in [0.15, 0.2) is 42.5 Å². The second-order valence-electron chi connectivity index (χ2n) is 8.42. The van der Waals surface area contributed by atoms with Crippen molar-refractivity contribution in [2.24, 2.45) is 11.1 Å². The molecule has 2 N–H and O–H groups in total. The van der Waals surface area contributed by atoms with Gasteiger partial charge in [-0.1, -0.05) is 12.1 Å². The zero-order chi connectivity index (χ0) is 22.6. The molecule has 0 heterocycles. The molecule has 1 saturated carbocycles. The van der Waals surface area contributed by atoms with Crippen molar-refractivity contribution >= 4 is 5.69 Å². The van der Waals surface area contributed by atoms with Crippen LogP contribution in [-0.2, 0) is 16.9 Å². The van der Waals surface area contributed by atoms with Crippen LogP contribution in [0.5, 0.6) is 5.75 Å². The minimum atomic E-state index is -1.13. The Morgan fingerprint density at radius 3 is 2.58 bits per heavy atom. The highest BCUT2D eigenvalue weighted by Crippen LogP contribution is 2.48. The number of nitro benzene ring substituents is 1. The molecule has 0 aliphatic heterocycles. The molecule has 0 aromatic heterocycles. The number of hydrogen-bond donors (Lipinski definition) is 1. The number of hydrogen-bond acceptors (Lipinski definition) is 6. The van der Waals surface area contributed by atoms with E-state index < -0.39 is 21.7 Å². The van der Waals surface area contributed by atoms with Gasteiger partial charge in [-0.15, -0.1) is 0 Å². The Morgan fingerprint density at radius 2 is 2.00 bits per heavy atom. The molecule has 1 aliphatic rings. The number of halogens is 1. The Labute approximate surface area is 180 Å². The molecule has 2 aromatic rings.